The highest BCUT2D eigenvalue weighted by molar-refractivity contribution is 7.15. The molecule has 0 unspecified atom stereocenters. The Balaban J connectivity index is 2.57. The minimum atomic E-state index is -0.00917. The molecule has 0 spiro atoms. The number of hydrogen-bond donors (Lipinski definition) is 0. The van der Waals surface area contributed by atoms with Gasteiger partial charge in [0.15, 0.2) is 0 Å². The van der Waals surface area contributed by atoms with Gasteiger partial charge in [-0.25, -0.2) is 0 Å². The monoisotopic (exact) mass is 160 g/mol. The van der Waals surface area contributed by atoms with Gasteiger partial charge in [-0.3, -0.25) is 0 Å². The van der Waals surface area contributed by atoms with E-state index in [4.69, 9.17) is 17.9 Å². The fourth-order valence-corrected chi connectivity index (χ4v) is 1.03. The third kappa shape index (κ3) is 0.866. The van der Waals surface area contributed by atoms with Gasteiger partial charge in [-0.05, 0) is 0 Å². The first kappa shape index (κ1) is 5.74. The molecule has 1 aromatic rings. The molecule has 0 aliphatic carbocycles. The Hall–Kier alpha value is -1.02. The van der Waals surface area contributed by atoms with Gasteiger partial charge in [0.25, 0.3) is 0 Å². The summed E-state index contributed by atoms with van der Waals surface area (Å²) in [5.74, 6) is 1.20. The van der Waals surface area contributed by atoms with Gasteiger partial charge in [-0.2, -0.15) is 0 Å². The summed E-state index contributed by atoms with van der Waals surface area (Å²) in [7, 11) is -0.00917. The van der Waals surface area contributed by atoms with Crippen molar-refractivity contribution in [2.75, 3.05) is 6.79 Å². The van der Waals surface area contributed by atoms with Crippen molar-refractivity contribution >= 4 is 8.67 Å². The van der Waals surface area contributed by atoms with Crippen LogP contribution in [0, 0.1) is 0 Å². The molecule has 2 heterocycles. The Morgan fingerprint density at radius 3 is 2.30 bits per heavy atom. The Kier molecular flexibility index (Phi) is 1.32. The molecule has 1 aliphatic heterocycles. The third-order valence-corrected chi connectivity index (χ3v) is 1.53. The smallest absolute Gasteiger partial charge is 0.231 e. The Morgan fingerprint density at radius 2 is 1.70 bits per heavy atom. The predicted octanol–water partition coefficient (Wildman–Crippen LogP) is 1.76. The van der Waals surface area contributed by atoms with Crippen molar-refractivity contribution in [2.24, 2.45) is 0 Å². The van der Waals surface area contributed by atoms with Gasteiger partial charge in [0.05, 0.1) is 0 Å². The molecule has 0 saturated heterocycles. The van der Waals surface area contributed by atoms with Crippen molar-refractivity contribution in [1.82, 2.24) is 0 Å². The average molecular weight is 160 g/mol. The first-order valence-electron chi connectivity index (χ1n) is 2.69. The second-order valence-electron chi connectivity index (χ2n) is 1.69. The Labute approximate surface area is 58.3 Å². The largest absolute Gasteiger partial charge is 0.450 e. The van der Waals surface area contributed by atoms with Crippen LogP contribution in [-0.2, 0) is 0 Å². The van der Waals surface area contributed by atoms with Crippen molar-refractivity contribution in [3.63, 3.8) is 0 Å². The molecular formula is C5H5O4P. The van der Waals surface area contributed by atoms with Gasteiger partial charge in [0.2, 0.25) is 27.0 Å². The maximum absolute atomic E-state index is 5.01. The SMILES string of the molecule is c1o[pH]occ2c1OCO2. The fraction of sp³-hybridized carbons (Fsp3) is 0.200. The molecule has 0 N–H and O–H groups in total. The van der Waals surface area contributed by atoms with Gasteiger partial charge in [0.1, 0.15) is 12.5 Å². The van der Waals surface area contributed by atoms with Crippen LogP contribution in [0.3, 0.4) is 0 Å². The summed E-state index contributed by atoms with van der Waals surface area (Å²) < 4.78 is 19.8. The van der Waals surface area contributed by atoms with Crippen LogP contribution in [0.25, 0.3) is 0 Å². The first-order chi connectivity index (χ1) is 4.97. The number of rotatable bonds is 0. The van der Waals surface area contributed by atoms with E-state index in [2.05, 4.69) is 0 Å². The average Bonchev–Trinajstić information content (AvgIpc) is 2.28. The molecule has 0 fully saturated rings. The van der Waals surface area contributed by atoms with E-state index in [1.54, 1.807) is 0 Å². The molecule has 0 saturated carbocycles. The molecule has 0 atom stereocenters. The molecule has 4 nitrogen and oxygen atoms in total. The van der Waals surface area contributed by atoms with E-state index < -0.39 is 0 Å². The zero-order valence-electron chi connectivity index (χ0n) is 4.99. The molecule has 2 rings (SSSR count). The van der Waals surface area contributed by atoms with Crippen LogP contribution in [0.15, 0.2) is 20.9 Å². The summed E-state index contributed by atoms with van der Waals surface area (Å²) in [6.45, 7) is 0.244. The number of fused-ring (bicyclic) bond motifs is 1. The first-order valence-corrected chi connectivity index (χ1v) is 3.51. The van der Waals surface area contributed by atoms with E-state index in [1.165, 1.54) is 12.5 Å². The Bertz CT molecular complexity index is 233. The van der Waals surface area contributed by atoms with E-state index in [1.807, 2.05) is 0 Å². The second kappa shape index (κ2) is 2.31. The van der Waals surface area contributed by atoms with Gasteiger partial charge in [-0.15, -0.1) is 0 Å². The number of hydrogen-bond acceptors (Lipinski definition) is 4. The minimum absolute atomic E-state index is 0.00917. The van der Waals surface area contributed by atoms with Crippen molar-refractivity contribution < 1.29 is 17.9 Å². The molecular weight excluding hydrogens is 155 g/mol. The summed E-state index contributed by atoms with van der Waals surface area (Å²) in [4.78, 5) is 0. The second-order valence-corrected chi connectivity index (χ2v) is 2.33. The van der Waals surface area contributed by atoms with Crippen LogP contribution in [0.5, 0.6) is 11.5 Å². The molecule has 1 aliphatic rings. The molecule has 0 aromatic carbocycles. The minimum Gasteiger partial charge on any atom is -0.450 e. The van der Waals surface area contributed by atoms with Gasteiger partial charge >= 0.3 is 0 Å². The van der Waals surface area contributed by atoms with Gasteiger partial charge in [0, 0.05) is 0 Å². The van der Waals surface area contributed by atoms with E-state index in [-0.39, 0.29) is 15.5 Å². The maximum Gasteiger partial charge on any atom is 0.231 e. The number of ether oxygens (including phenoxy) is 2. The lowest BCUT2D eigenvalue weighted by atomic mass is 10.5. The molecule has 0 amide bonds. The van der Waals surface area contributed by atoms with E-state index in [0.717, 1.165) is 0 Å². The topological polar surface area (TPSA) is 44.7 Å². The highest BCUT2D eigenvalue weighted by Gasteiger charge is 2.11. The van der Waals surface area contributed by atoms with Crippen LogP contribution in [0.1, 0.15) is 0 Å². The van der Waals surface area contributed by atoms with E-state index >= 15 is 0 Å². The highest BCUT2D eigenvalue weighted by Crippen LogP contribution is 2.30. The Morgan fingerprint density at radius 1 is 1.10 bits per heavy atom. The van der Waals surface area contributed by atoms with E-state index in [0.29, 0.717) is 11.5 Å². The standard InChI is InChI=1S/C5H5O4P/c1-4-5(7-3-6-4)2-9-10-8-1/h1-2,10H,3H2. The van der Waals surface area contributed by atoms with Crippen LogP contribution in [0.2, 0.25) is 0 Å². The normalized spacial score (nSPS) is 13.2. The van der Waals surface area contributed by atoms with Gasteiger partial charge in [-0.1, -0.05) is 0 Å². The van der Waals surface area contributed by atoms with Gasteiger partial charge < -0.3 is 17.9 Å². The van der Waals surface area contributed by atoms with E-state index in [9.17, 15) is 0 Å². The van der Waals surface area contributed by atoms with Crippen LogP contribution in [-0.4, -0.2) is 6.79 Å². The van der Waals surface area contributed by atoms with Crippen LogP contribution in [0.4, 0.5) is 0 Å². The summed E-state index contributed by atoms with van der Waals surface area (Å²) in [6.07, 6.45) is 2.98. The van der Waals surface area contributed by atoms with Crippen molar-refractivity contribution in [1.29, 1.82) is 0 Å². The van der Waals surface area contributed by atoms with Crippen molar-refractivity contribution in [3.8, 4) is 11.5 Å². The lowest BCUT2D eigenvalue weighted by Crippen LogP contribution is -1.93. The summed E-state index contributed by atoms with van der Waals surface area (Å²) in [5, 5.41) is 0. The highest BCUT2D eigenvalue weighted by atomic mass is 31.1. The van der Waals surface area contributed by atoms with Crippen molar-refractivity contribution in [3.05, 3.63) is 12.5 Å². The summed E-state index contributed by atoms with van der Waals surface area (Å²) >= 11 is 0. The molecule has 10 heavy (non-hydrogen) atoms. The predicted molar refractivity (Wildman–Crippen MR) is 34.2 cm³/mol. The van der Waals surface area contributed by atoms with Crippen LogP contribution >= 0.6 is 8.67 Å². The zero-order valence-corrected chi connectivity index (χ0v) is 5.99. The zero-order chi connectivity index (χ0) is 6.81. The van der Waals surface area contributed by atoms with Crippen molar-refractivity contribution in [2.45, 2.75) is 0 Å². The molecule has 0 radical (unpaired) electrons. The third-order valence-electron chi connectivity index (χ3n) is 1.10. The van der Waals surface area contributed by atoms with Crippen LogP contribution < -0.4 is 9.47 Å². The quantitative estimate of drug-likeness (QED) is 0.579. The lowest BCUT2D eigenvalue weighted by molar-refractivity contribution is 0.170. The molecule has 5 heteroatoms. The fourth-order valence-electron chi connectivity index (χ4n) is 0.666. The molecule has 54 valence electrons. The molecule has 0 bridgehead atoms. The lowest BCUT2D eigenvalue weighted by Gasteiger charge is -1.85. The molecule has 1 aromatic heterocycles. The summed E-state index contributed by atoms with van der Waals surface area (Å²) in [5.41, 5.74) is 0. The summed E-state index contributed by atoms with van der Waals surface area (Å²) in [6, 6.07) is 0. The maximum atomic E-state index is 5.01.